The van der Waals surface area contributed by atoms with Crippen LogP contribution >= 0.6 is 0 Å². The number of fused-ring (bicyclic) bond motifs is 1. The van der Waals surface area contributed by atoms with E-state index in [4.69, 9.17) is 0 Å². The average molecular weight is 425 g/mol. The van der Waals surface area contributed by atoms with E-state index >= 15 is 0 Å². The van der Waals surface area contributed by atoms with Crippen molar-refractivity contribution in [1.82, 2.24) is 19.8 Å². The first-order valence-electron chi connectivity index (χ1n) is 11.7. The highest BCUT2D eigenvalue weighted by Crippen LogP contribution is 2.21. The first-order chi connectivity index (χ1) is 15.1. The summed E-state index contributed by atoms with van der Waals surface area (Å²) in [6, 6.07) is 12.7. The fourth-order valence-corrected chi connectivity index (χ4v) is 4.44. The molecular formula is C26H37FN4. The Kier molecular flexibility index (Phi) is 9.04. The second-order valence-corrected chi connectivity index (χ2v) is 8.56. The lowest BCUT2D eigenvalue weighted by Gasteiger charge is -2.27. The molecule has 0 fully saturated rings. The molecule has 2 aromatic heterocycles. The van der Waals surface area contributed by atoms with Crippen molar-refractivity contribution in [2.24, 2.45) is 0 Å². The molecule has 0 saturated carbocycles. The van der Waals surface area contributed by atoms with Crippen LogP contribution in [0.25, 0.3) is 10.9 Å². The molecule has 1 aromatic carbocycles. The predicted octanol–water partition coefficient (Wildman–Crippen LogP) is 5.99. The molecule has 0 aliphatic rings. The molecule has 168 valence electrons. The Hall–Kier alpha value is -2.24. The first-order valence-corrected chi connectivity index (χ1v) is 11.7. The number of hydrogen-bond donors (Lipinski definition) is 1. The molecule has 0 radical (unpaired) electrons. The van der Waals surface area contributed by atoms with E-state index in [0.717, 1.165) is 38.0 Å². The molecule has 1 atom stereocenters. The van der Waals surface area contributed by atoms with Crippen molar-refractivity contribution >= 4 is 10.9 Å². The van der Waals surface area contributed by atoms with Gasteiger partial charge in [-0.05, 0) is 63.5 Å². The van der Waals surface area contributed by atoms with Crippen LogP contribution in [0.5, 0.6) is 0 Å². The number of aromatic amines is 1. The van der Waals surface area contributed by atoms with Gasteiger partial charge in [-0.15, -0.1) is 0 Å². The number of H-pyrrole nitrogens is 1. The normalized spacial score (nSPS) is 12.8. The molecule has 3 rings (SSSR count). The quantitative estimate of drug-likeness (QED) is 0.270. The summed E-state index contributed by atoms with van der Waals surface area (Å²) in [6.07, 6.45) is 9.55. The van der Waals surface area contributed by atoms with E-state index in [1.807, 2.05) is 18.2 Å². The van der Waals surface area contributed by atoms with Crippen molar-refractivity contribution in [3.63, 3.8) is 0 Å². The zero-order valence-electron chi connectivity index (χ0n) is 19.3. The van der Waals surface area contributed by atoms with Gasteiger partial charge in [-0.2, -0.15) is 4.39 Å². The monoisotopic (exact) mass is 424 g/mol. The number of unbranched alkanes of at least 4 members (excludes halogenated alkanes) is 1. The predicted molar refractivity (Wildman–Crippen MR) is 127 cm³/mol. The van der Waals surface area contributed by atoms with Gasteiger partial charge >= 0.3 is 0 Å². The lowest BCUT2D eigenvalue weighted by molar-refractivity contribution is 0.205. The third-order valence-electron chi connectivity index (χ3n) is 6.25. The van der Waals surface area contributed by atoms with Crippen molar-refractivity contribution in [3.05, 3.63) is 65.9 Å². The highest BCUT2D eigenvalue weighted by Gasteiger charge is 2.14. The maximum absolute atomic E-state index is 14.2. The molecule has 0 aliphatic heterocycles. The van der Waals surface area contributed by atoms with E-state index in [1.54, 1.807) is 0 Å². The minimum Gasteiger partial charge on any atom is -0.361 e. The number of pyridine rings is 1. The first kappa shape index (κ1) is 23.4. The molecule has 0 amide bonds. The number of nitrogens with one attached hydrogen (secondary N) is 1. The van der Waals surface area contributed by atoms with E-state index in [2.05, 4.69) is 65.1 Å². The third kappa shape index (κ3) is 6.62. The smallest absolute Gasteiger partial charge is 0.217 e. The maximum Gasteiger partial charge on any atom is 0.217 e. The Morgan fingerprint density at radius 2 is 1.77 bits per heavy atom. The van der Waals surface area contributed by atoms with E-state index < -0.39 is 0 Å². The Labute approximate surface area is 186 Å². The summed E-state index contributed by atoms with van der Waals surface area (Å²) in [6.45, 7) is 7.95. The molecule has 0 bridgehead atoms. The van der Waals surface area contributed by atoms with Gasteiger partial charge in [0.05, 0.1) is 0 Å². The molecule has 5 heteroatoms. The Morgan fingerprint density at radius 3 is 2.55 bits per heavy atom. The Bertz CT molecular complexity index is 922. The highest BCUT2D eigenvalue weighted by molar-refractivity contribution is 5.82. The summed E-state index contributed by atoms with van der Waals surface area (Å²) in [5.41, 5.74) is 3.06. The number of para-hydroxylation sites is 1. The van der Waals surface area contributed by atoms with Crippen LogP contribution in [-0.4, -0.2) is 45.9 Å². The number of hydrogen-bond acceptors (Lipinski definition) is 3. The van der Waals surface area contributed by atoms with Crippen LogP contribution in [0.15, 0.2) is 48.8 Å². The van der Waals surface area contributed by atoms with Crippen molar-refractivity contribution < 1.29 is 4.39 Å². The van der Waals surface area contributed by atoms with Crippen LogP contribution in [0, 0.1) is 5.95 Å². The van der Waals surface area contributed by atoms with Crippen LogP contribution in [0.3, 0.4) is 0 Å². The molecule has 0 spiro atoms. The van der Waals surface area contributed by atoms with Gasteiger partial charge in [0.1, 0.15) is 0 Å². The standard InChI is InChI=1S/C26H37FN4/c1-4-11-23(5-2)30(3)16-8-9-17-31(19-21-12-10-15-28-26(21)27)20-22-18-29-25-14-7-6-13-24(22)25/h6-7,10,12-15,18,23,29H,4-5,8-9,11,16-17,19-20H2,1-3H3. The number of halogens is 1. The molecule has 0 aliphatic carbocycles. The second-order valence-electron chi connectivity index (χ2n) is 8.56. The summed E-state index contributed by atoms with van der Waals surface area (Å²) in [7, 11) is 2.25. The van der Waals surface area contributed by atoms with E-state index in [0.29, 0.717) is 18.2 Å². The molecule has 0 saturated heterocycles. The van der Waals surface area contributed by atoms with Crippen molar-refractivity contribution in [1.29, 1.82) is 0 Å². The SMILES string of the molecule is CCCC(CC)N(C)CCCCN(Cc1cccnc1F)Cc1c[nH]c2ccccc12. The average Bonchev–Trinajstić information content (AvgIpc) is 3.19. The fraction of sp³-hybridized carbons (Fsp3) is 0.500. The molecule has 3 aromatic rings. The fourth-order valence-electron chi connectivity index (χ4n) is 4.44. The van der Waals surface area contributed by atoms with Crippen LogP contribution in [0.4, 0.5) is 4.39 Å². The van der Waals surface area contributed by atoms with Crippen LogP contribution in [0.2, 0.25) is 0 Å². The molecule has 4 nitrogen and oxygen atoms in total. The lowest BCUT2D eigenvalue weighted by Crippen LogP contribution is -2.32. The molecular weight excluding hydrogens is 387 g/mol. The number of aromatic nitrogens is 2. The lowest BCUT2D eigenvalue weighted by atomic mass is 10.1. The molecule has 31 heavy (non-hydrogen) atoms. The van der Waals surface area contributed by atoms with E-state index in [1.165, 1.54) is 36.4 Å². The van der Waals surface area contributed by atoms with Gasteiger partial charge in [0.15, 0.2) is 0 Å². The van der Waals surface area contributed by atoms with Gasteiger partial charge < -0.3 is 9.88 Å². The minimum absolute atomic E-state index is 0.364. The van der Waals surface area contributed by atoms with Gasteiger partial charge in [-0.1, -0.05) is 44.5 Å². The van der Waals surface area contributed by atoms with E-state index in [-0.39, 0.29) is 5.95 Å². The zero-order valence-corrected chi connectivity index (χ0v) is 19.3. The number of rotatable bonds is 13. The maximum atomic E-state index is 14.2. The van der Waals surface area contributed by atoms with Crippen molar-refractivity contribution in [2.45, 2.75) is 65.1 Å². The minimum atomic E-state index is -0.364. The van der Waals surface area contributed by atoms with Crippen LogP contribution in [-0.2, 0) is 13.1 Å². The Morgan fingerprint density at radius 1 is 1.00 bits per heavy atom. The van der Waals surface area contributed by atoms with Crippen molar-refractivity contribution in [2.75, 3.05) is 20.1 Å². The summed E-state index contributed by atoms with van der Waals surface area (Å²) >= 11 is 0. The third-order valence-corrected chi connectivity index (χ3v) is 6.25. The van der Waals surface area contributed by atoms with Gasteiger partial charge in [-0.3, -0.25) is 4.90 Å². The van der Waals surface area contributed by atoms with Gasteiger partial charge in [0, 0.05) is 48.0 Å². The highest BCUT2D eigenvalue weighted by atomic mass is 19.1. The molecule has 1 N–H and O–H groups in total. The summed E-state index contributed by atoms with van der Waals surface area (Å²) in [4.78, 5) is 12.1. The number of benzene rings is 1. The summed E-state index contributed by atoms with van der Waals surface area (Å²) in [5, 5.41) is 1.24. The van der Waals surface area contributed by atoms with Crippen molar-refractivity contribution in [3.8, 4) is 0 Å². The van der Waals surface area contributed by atoms with Gasteiger partial charge in [0.25, 0.3) is 0 Å². The van der Waals surface area contributed by atoms with Gasteiger partial charge in [0.2, 0.25) is 5.95 Å². The van der Waals surface area contributed by atoms with E-state index in [9.17, 15) is 4.39 Å². The Balaban J connectivity index is 1.63. The molecule has 1 unspecified atom stereocenters. The van der Waals surface area contributed by atoms with Gasteiger partial charge in [-0.25, -0.2) is 4.98 Å². The summed E-state index contributed by atoms with van der Waals surface area (Å²) < 4.78 is 14.2. The summed E-state index contributed by atoms with van der Waals surface area (Å²) in [5.74, 6) is -0.364. The molecule has 2 heterocycles. The van der Waals surface area contributed by atoms with Crippen LogP contribution < -0.4 is 0 Å². The second kappa shape index (κ2) is 12.0. The number of nitrogens with zero attached hydrogens (tertiary/aromatic N) is 3. The zero-order chi connectivity index (χ0) is 22.1. The van der Waals surface area contributed by atoms with Crippen LogP contribution in [0.1, 0.15) is 57.1 Å². The largest absolute Gasteiger partial charge is 0.361 e. The topological polar surface area (TPSA) is 35.2 Å².